The molecule has 4 aliphatic heterocycles. The van der Waals surface area contributed by atoms with Gasteiger partial charge in [-0.2, -0.15) is 0 Å². The predicted molar refractivity (Wildman–Crippen MR) is 379 cm³/mol. The highest BCUT2D eigenvalue weighted by Gasteiger charge is 2.64. The van der Waals surface area contributed by atoms with Crippen molar-refractivity contribution in [2.75, 3.05) is 13.2 Å². The summed E-state index contributed by atoms with van der Waals surface area (Å²) in [7, 11) is 0. The summed E-state index contributed by atoms with van der Waals surface area (Å²) in [5.41, 5.74) is 1.10. The van der Waals surface area contributed by atoms with E-state index in [0.29, 0.717) is 72.0 Å². The van der Waals surface area contributed by atoms with Crippen LogP contribution in [0.2, 0.25) is 0 Å². The molecule has 16 unspecified atom stereocenters. The lowest BCUT2D eigenvalue weighted by Crippen LogP contribution is -2.57. The largest absolute Gasteiger partial charge is 0.459 e. The van der Waals surface area contributed by atoms with Crippen molar-refractivity contribution in [3.8, 4) is 0 Å². The Hall–Kier alpha value is -4.87. The monoisotopic (exact) mass is 1370 g/mol. The van der Waals surface area contributed by atoms with E-state index in [1.54, 1.807) is 60.7 Å². The van der Waals surface area contributed by atoms with Crippen LogP contribution in [0.5, 0.6) is 0 Å². The average molecular weight is 1370 g/mol. The van der Waals surface area contributed by atoms with Crippen LogP contribution in [0.4, 0.5) is 0 Å². The van der Waals surface area contributed by atoms with E-state index >= 15 is 0 Å². The van der Waals surface area contributed by atoms with E-state index in [9.17, 15) is 24.0 Å². The molecule has 4 saturated carbocycles. The van der Waals surface area contributed by atoms with Gasteiger partial charge in [0.1, 0.15) is 24.3 Å². The number of benzene rings is 3. The fraction of sp³-hybridized carbons (Fsp3) is 0.726. The molecule has 3 aromatic rings. The fourth-order valence-electron chi connectivity index (χ4n) is 20.4. The van der Waals surface area contributed by atoms with Crippen LogP contribution in [-0.2, 0) is 57.0 Å². The lowest BCUT2D eigenvalue weighted by Gasteiger charge is -2.61. The maximum absolute atomic E-state index is 14.6. The Bertz CT molecular complexity index is 3160. The van der Waals surface area contributed by atoms with Crippen LogP contribution >= 0.6 is 0 Å². The Morgan fingerprint density at radius 2 is 1.07 bits per heavy atom. The van der Waals surface area contributed by atoms with Crippen molar-refractivity contribution in [3.63, 3.8) is 0 Å². The Morgan fingerprint density at radius 1 is 0.525 bits per heavy atom. The molecule has 0 bridgehead atoms. The average Bonchev–Trinajstić information content (AvgIpc) is 1.62. The van der Waals surface area contributed by atoms with Gasteiger partial charge in [-0.05, 0) is 189 Å². The fourth-order valence-corrected chi connectivity index (χ4v) is 20.4. The second-order valence-corrected chi connectivity index (χ2v) is 33.0. The highest BCUT2D eigenvalue weighted by atomic mass is 16.7. The third-order valence-electron chi connectivity index (χ3n) is 27.6. The summed E-state index contributed by atoms with van der Waals surface area (Å²) in [6.07, 6.45) is 7.16. The summed E-state index contributed by atoms with van der Waals surface area (Å²) in [4.78, 5) is 70.1. The molecule has 0 aromatic heterocycles. The van der Waals surface area contributed by atoms with Crippen LogP contribution in [0.15, 0.2) is 91.0 Å². The highest BCUT2D eigenvalue weighted by Crippen LogP contribution is 2.68. The van der Waals surface area contributed by atoms with E-state index < -0.39 is 48.7 Å². The first-order valence-electron chi connectivity index (χ1n) is 38.7. The Labute approximate surface area is 592 Å². The molecule has 0 radical (unpaired) electrons. The van der Waals surface area contributed by atoms with Crippen molar-refractivity contribution in [1.82, 2.24) is 0 Å². The number of hydrogen-bond donors (Lipinski definition) is 0. The van der Waals surface area contributed by atoms with Gasteiger partial charge in [-0.1, -0.05) is 158 Å². The van der Waals surface area contributed by atoms with E-state index in [0.717, 1.165) is 64.2 Å². The topological polar surface area (TPSA) is 178 Å². The predicted octanol–water partition coefficient (Wildman–Crippen LogP) is 16.8. The number of carbonyl (C=O) groups excluding carboxylic acids is 5. The van der Waals surface area contributed by atoms with E-state index in [-0.39, 0.29) is 144 Å². The summed E-state index contributed by atoms with van der Waals surface area (Å²) in [5, 5.41) is 0. The quantitative estimate of drug-likeness (QED) is 0.0470. The SMILES string of the molecule is CCC1O[C@@H](O[C@H]2C(CC)O[C@@H](C[C@H]3C(COC(=O)c4ccccc4)O[C@@H](OC4CCC5(C)C(CCC6C5CCC5(C)C6CC(=O)C5[C@H](C)C(=O)CC[C@H](C)CO[C@@H]5OC(CC)[C@H](C)[C@H](OC(=O)c6ccccc6)C5OC(=O)c5ccccc5)C4)C(C)[C@H]3C)C(C)[C@H]2C)C(C)[C@@H](C)[C@H]1C. The van der Waals surface area contributed by atoms with E-state index in [2.05, 4.69) is 76.2 Å². The van der Waals surface area contributed by atoms with Crippen molar-refractivity contribution in [2.45, 2.75) is 268 Å². The Balaban J connectivity index is 0.699. The maximum atomic E-state index is 14.6. The van der Waals surface area contributed by atoms with Gasteiger partial charge < -0.3 is 47.4 Å². The smallest absolute Gasteiger partial charge is 0.338 e. The summed E-state index contributed by atoms with van der Waals surface area (Å²) in [6, 6.07) is 26.7. The molecule has 4 saturated heterocycles. The van der Waals surface area contributed by atoms with Gasteiger partial charge in [-0.3, -0.25) is 9.59 Å². The molecule has 0 N–H and O–H groups in total. The summed E-state index contributed by atoms with van der Waals surface area (Å²) < 4.78 is 67.0. The lowest BCUT2D eigenvalue weighted by atomic mass is 9.44. The third-order valence-corrected chi connectivity index (χ3v) is 27.6. The molecule has 4 aliphatic carbocycles. The standard InChI is InChI=1S/C84H120O15/c1-16-68-50(7)48(5)53(10)81(94-68)99-74-52(9)51(8)71(93-70(74)18-3)43-63-49(6)54(11)80(96-72(63)46-90-77(87)57-28-22-19-23-29-57)92-61-38-40-83(14)60(42-61)35-36-62-64(83)39-41-84(15)65(62)44-67(86)73(84)55(12)66(85)37-34-47(4)45-91-82-76(98-79(89)59-32-26-21-27-33-59)75(56(13)69(17-2)95-82)97-78(88)58-30-24-20-25-31-58/h19-33,47-56,60-65,68-76,80-82H,16-18,34-46H2,1-15H3/t47-,48-,49+,50+,51?,52+,53?,54?,55+,56-,60?,61?,62?,63+,64?,65?,68?,69?,70?,71-,72?,73?,74+,75-,76?,80+,81-,82+,83?,84?/m0/s1. The van der Waals surface area contributed by atoms with Crippen molar-refractivity contribution in [2.24, 2.45) is 106 Å². The molecule has 99 heavy (non-hydrogen) atoms. The van der Waals surface area contributed by atoms with Gasteiger partial charge in [0.15, 0.2) is 25.0 Å². The third kappa shape index (κ3) is 15.8. The Kier molecular flexibility index (Phi) is 24.7. The first-order chi connectivity index (χ1) is 47.4. The second-order valence-electron chi connectivity index (χ2n) is 33.0. The number of rotatable bonds is 24. The van der Waals surface area contributed by atoms with Gasteiger partial charge >= 0.3 is 17.9 Å². The van der Waals surface area contributed by atoms with Crippen LogP contribution in [0, 0.1) is 106 Å². The molecule has 8 fully saturated rings. The van der Waals surface area contributed by atoms with E-state index in [1.165, 1.54) is 0 Å². The van der Waals surface area contributed by atoms with Crippen LogP contribution in [-0.4, -0.2) is 116 Å². The molecule has 0 spiro atoms. The first-order valence-corrected chi connectivity index (χ1v) is 38.7. The lowest BCUT2D eigenvalue weighted by molar-refractivity contribution is -0.305. The number of fused-ring (bicyclic) bond motifs is 5. The van der Waals surface area contributed by atoms with Gasteiger partial charge in [0, 0.05) is 42.4 Å². The first kappa shape index (κ1) is 75.3. The number of ether oxygens (including phenoxy) is 10. The summed E-state index contributed by atoms with van der Waals surface area (Å²) in [6.45, 7) is 33.8. The molecule has 0 amide bonds. The molecular weight excluding hydrogens is 1250 g/mol. The molecule has 15 nitrogen and oxygen atoms in total. The van der Waals surface area contributed by atoms with Gasteiger partial charge in [0.05, 0.1) is 66.0 Å². The van der Waals surface area contributed by atoms with Crippen molar-refractivity contribution < 1.29 is 71.3 Å². The highest BCUT2D eigenvalue weighted by molar-refractivity contribution is 5.92. The zero-order valence-electron chi connectivity index (χ0n) is 62.3. The minimum atomic E-state index is -1.07. The van der Waals surface area contributed by atoms with Crippen LogP contribution in [0.3, 0.4) is 0 Å². The van der Waals surface area contributed by atoms with Crippen LogP contribution < -0.4 is 0 Å². The number of hydrogen-bond acceptors (Lipinski definition) is 15. The number of carbonyl (C=O) groups is 5. The van der Waals surface area contributed by atoms with Gasteiger partial charge in [0.2, 0.25) is 0 Å². The van der Waals surface area contributed by atoms with Gasteiger partial charge in [-0.25, -0.2) is 14.4 Å². The van der Waals surface area contributed by atoms with E-state index in [1.807, 2.05) is 58.0 Å². The summed E-state index contributed by atoms with van der Waals surface area (Å²) >= 11 is 0. The molecule has 4 heterocycles. The van der Waals surface area contributed by atoms with E-state index in [4.69, 9.17) is 47.4 Å². The normalized spacial score (nSPS) is 41.2. The minimum absolute atomic E-state index is 0.0265. The van der Waals surface area contributed by atoms with Crippen LogP contribution in [0.25, 0.3) is 0 Å². The number of Topliss-reactive ketones (excluding diaryl/α,β-unsaturated/α-hetero) is 2. The Morgan fingerprint density at radius 3 is 1.70 bits per heavy atom. The summed E-state index contributed by atoms with van der Waals surface area (Å²) in [5.74, 6) is 1.32. The molecule has 15 heteroatoms. The number of esters is 3. The molecular formula is C84H120O15. The van der Waals surface area contributed by atoms with Crippen molar-refractivity contribution >= 4 is 29.5 Å². The van der Waals surface area contributed by atoms with Crippen molar-refractivity contribution in [1.29, 1.82) is 0 Å². The maximum Gasteiger partial charge on any atom is 0.338 e. The zero-order valence-corrected chi connectivity index (χ0v) is 62.3. The molecule has 30 atom stereocenters. The van der Waals surface area contributed by atoms with Gasteiger partial charge in [0.25, 0.3) is 0 Å². The molecule has 546 valence electrons. The zero-order chi connectivity index (χ0) is 70.8. The second kappa shape index (κ2) is 32.4. The number of ketones is 2. The van der Waals surface area contributed by atoms with Gasteiger partial charge in [-0.15, -0.1) is 0 Å². The molecule has 8 aliphatic rings. The van der Waals surface area contributed by atoms with Crippen LogP contribution in [0.1, 0.15) is 225 Å². The molecule has 3 aromatic carbocycles. The molecule has 11 rings (SSSR count). The minimum Gasteiger partial charge on any atom is -0.459 e. The van der Waals surface area contributed by atoms with Crippen molar-refractivity contribution in [3.05, 3.63) is 108 Å².